The van der Waals surface area contributed by atoms with Crippen molar-refractivity contribution in [1.29, 1.82) is 0 Å². The van der Waals surface area contributed by atoms with Crippen molar-refractivity contribution in [2.45, 2.75) is 38.0 Å². The molecule has 0 bridgehead atoms. The van der Waals surface area contributed by atoms with E-state index in [1.54, 1.807) is 0 Å². The van der Waals surface area contributed by atoms with Crippen LogP contribution in [0.1, 0.15) is 24.8 Å². The van der Waals surface area contributed by atoms with Crippen LogP contribution in [0.3, 0.4) is 0 Å². The van der Waals surface area contributed by atoms with E-state index in [0.717, 1.165) is 11.8 Å². The molecule has 1 N–H and O–H groups in total. The van der Waals surface area contributed by atoms with Gasteiger partial charge in [-0.3, -0.25) is 4.18 Å². The number of benzene rings is 1. The molecule has 1 aromatic carbocycles. The average Bonchev–Trinajstić information content (AvgIpc) is 2.82. The summed E-state index contributed by atoms with van der Waals surface area (Å²) in [7, 11) is -3.45. The summed E-state index contributed by atoms with van der Waals surface area (Å²) in [6.07, 6.45) is 1.94. The summed E-state index contributed by atoms with van der Waals surface area (Å²) >= 11 is 0. The van der Waals surface area contributed by atoms with E-state index in [-0.39, 0.29) is 18.8 Å². The van der Waals surface area contributed by atoms with Gasteiger partial charge in [0.05, 0.1) is 12.4 Å². The fourth-order valence-corrected chi connectivity index (χ4v) is 3.01. The monoisotopic (exact) mass is 313 g/mol. The van der Waals surface area contributed by atoms with Crippen molar-refractivity contribution in [3.63, 3.8) is 0 Å². The van der Waals surface area contributed by atoms with Crippen molar-refractivity contribution in [3.05, 3.63) is 35.9 Å². The zero-order valence-corrected chi connectivity index (χ0v) is 12.6. The number of hydrogen-bond acceptors (Lipinski definition) is 5. The van der Waals surface area contributed by atoms with E-state index < -0.39 is 16.2 Å². The minimum absolute atomic E-state index is 0.111. The topological polar surface area (TPSA) is 81.7 Å². The van der Waals surface area contributed by atoms with Gasteiger partial charge in [0.25, 0.3) is 10.1 Å². The lowest BCUT2D eigenvalue weighted by Gasteiger charge is -2.13. The van der Waals surface area contributed by atoms with Gasteiger partial charge < -0.3 is 10.1 Å². The van der Waals surface area contributed by atoms with E-state index in [9.17, 15) is 13.2 Å². The zero-order valence-electron chi connectivity index (χ0n) is 11.8. The number of carbonyl (C=O) groups excluding carboxylic acids is 1. The smallest absolute Gasteiger partial charge is 0.407 e. The Morgan fingerprint density at radius 1 is 1.29 bits per heavy atom. The number of alkyl carbamates (subject to hydrolysis) is 1. The normalized spacial score (nSPS) is 22.0. The third-order valence-corrected chi connectivity index (χ3v) is 3.85. The Morgan fingerprint density at radius 2 is 2.00 bits per heavy atom. The molecule has 1 amide bonds. The maximum absolute atomic E-state index is 11.7. The molecule has 116 valence electrons. The molecule has 1 aromatic rings. The quantitative estimate of drug-likeness (QED) is 0.838. The van der Waals surface area contributed by atoms with Gasteiger partial charge in [0, 0.05) is 6.04 Å². The van der Waals surface area contributed by atoms with Crippen LogP contribution in [0.5, 0.6) is 0 Å². The predicted octanol–water partition coefficient (Wildman–Crippen LogP) is 1.81. The maximum atomic E-state index is 11.7. The van der Waals surface area contributed by atoms with Crippen molar-refractivity contribution in [3.8, 4) is 0 Å². The Hall–Kier alpha value is -1.60. The summed E-state index contributed by atoms with van der Waals surface area (Å²) in [6, 6.07) is 9.28. The van der Waals surface area contributed by atoms with Crippen LogP contribution in [0.2, 0.25) is 0 Å². The highest BCUT2D eigenvalue weighted by Crippen LogP contribution is 2.23. The van der Waals surface area contributed by atoms with Crippen LogP contribution in [0.25, 0.3) is 0 Å². The Bertz CT molecular complexity index is 572. The fourth-order valence-electron chi connectivity index (χ4n) is 2.34. The molecular formula is C14H19NO5S. The van der Waals surface area contributed by atoms with Crippen molar-refractivity contribution in [2.75, 3.05) is 6.26 Å². The van der Waals surface area contributed by atoms with E-state index in [1.165, 1.54) is 0 Å². The summed E-state index contributed by atoms with van der Waals surface area (Å²) in [5.41, 5.74) is 0.914. The minimum atomic E-state index is -3.45. The zero-order chi connectivity index (χ0) is 15.3. The van der Waals surface area contributed by atoms with E-state index in [2.05, 4.69) is 5.32 Å². The fraction of sp³-hybridized carbons (Fsp3) is 0.500. The Kier molecular flexibility index (Phi) is 5.19. The molecule has 7 heteroatoms. The number of hydrogen-bond donors (Lipinski definition) is 1. The van der Waals surface area contributed by atoms with Crippen LogP contribution in [0.15, 0.2) is 30.3 Å². The summed E-state index contributed by atoms with van der Waals surface area (Å²) in [6.45, 7) is 0.211. The molecule has 2 rings (SSSR count). The van der Waals surface area contributed by atoms with Crippen LogP contribution in [0, 0.1) is 0 Å². The highest BCUT2D eigenvalue weighted by Gasteiger charge is 2.29. The molecule has 1 aliphatic rings. The second-order valence-corrected chi connectivity index (χ2v) is 6.74. The summed E-state index contributed by atoms with van der Waals surface area (Å²) in [5.74, 6) is 0. The van der Waals surface area contributed by atoms with Crippen molar-refractivity contribution < 1.29 is 22.1 Å². The molecule has 2 atom stereocenters. The largest absolute Gasteiger partial charge is 0.445 e. The summed E-state index contributed by atoms with van der Waals surface area (Å²) in [4.78, 5) is 11.7. The molecule has 0 aliphatic heterocycles. The second-order valence-electron chi connectivity index (χ2n) is 5.14. The highest BCUT2D eigenvalue weighted by molar-refractivity contribution is 7.86. The van der Waals surface area contributed by atoms with Gasteiger partial charge >= 0.3 is 6.09 Å². The summed E-state index contributed by atoms with van der Waals surface area (Å²) in [5, 5.41) is 2.73. The molecule has 1 saturated carbocycles. The van der Waals surface area contributed by atoms with Gasteiger partial charge in [-0.25, -0.2) is 4.79 Å². The molecule has 0 unspecified atom stereocenters. The van der Waals surface area contributed by atoms with Gasteiger partial charge in [-0.1, -0.05) is 30.3 Å². The lowest BCUT2D eigenvalue weighted by Crippen LogP contribution is -2.34. The third kappa shape index (κ3) is 5.73. The molecule has 0 heterocycles. The van der Waals surface area contributed by atoms with Gasteiger partial charge in [-0.2, -0.15) is 8.42 Å². The SMILES string of the molecule is CS(=O)(=O)O[C@H]1CC[C@@H](NC(=O)OCc2ccccc2)C1. The predicted molar refractivity (Wildman–Crippen MR) is 77.1 cm³/mol. The molecule has 6 nitrogen and oxygen atoms in total. The lowest BCUT2D eigenvalue weighted by atomic mass is 10.2. The number of nitrogens with one attached hydrogen (secondary N) is 1. The highest BCUT2D eigenvalue weighted by atomic mass is 32.2. The number of rotatable bonds is 5. The van der Waals surface area contributed by atoms with E-state index in [4.69, 9.17) is 8.92 Å². The van der Waals surface area contributed by atoms with Crippen LogP contribution < -0.4 is 5.32 Å². The van der Waals surface area contributed by atoms with E-state index in [1.807, 2.05) is 30.3 Å². The van der Waals surface area contributed by atoms with Gasteiger partial charge in [-0.05, 0) is 24.8 Å². The molecule has 1 aliphatic carbocycles. The van der Waals surface area contributed by atoms with Crippen molar-refractivity contribution in [1.82, 2.24) is 5.32 Å². The molecule has 1 fully saturated rings. The lowest BCUT2D eigenvalue weighted by molar-refractivity contribution is 0.135. The van der Waals surface area contributed by atoms with Gasteiger partial charge in [0.2, 0.25) is 0 Å². The van der Waals surface area contributed by atoms with Crippen LogP contribution >= 0.6 is 0 Å². The standard InChI is InChI=1S/C14H19NO5S/c1-21(17,18)20-13-8-7-12(9-13)15-14(16)19-10-11-5-3-2-4-6-11/h2-6,12-13H,7-10H2,1H3,(H,15,16)/t12-,13+/m1/s1. The molecule has 0 saturated heterocycles. The van der Waals surface area contributed by atoms with Crippen molar-refractivity contribution >= 4 is 16.2 Å². The first-order valence-corrected chi connectivity index (χ1v) is 8.59. The van der Waals surface area contributed by atoms with Crippen molar-refractivity contribution in [2.24, 2.45) is 0 Å². The number of carbonyl (C=O) groups is 1. The van der Waals surface area contributed by atoms with Crippen LogP contribution in [-0.2, 0) is 25.6 Å². The van der Waals surface area contributed by atoms with Gasteiger partial charge in [-0.15, -0.1) is 0 Å². The molecule has 0 aromatic heterocycles. The first-order valence-electron chi connectivity index (χ1n) is 6.78. The third-order valence-electron chi connectivity index (χ3n) is 3.23. The first-order chi connectivity index (χ1) is 9.92. The van der Waals surface area contributed by atoms with E-state index >= 15 is 0 Å². The average molecular weight is 313 g/mol. The first kappa shape index (κ1) is 15.8. The summed E-state index contributed by atoms with van der Waals surface area (Å²) < 4.78 is 32.1. The molecule has 0 radical (unpaired) electrons. The Labute approximate surface area is 124 Å². The molecular weight excluding hydrogens is 294 g/mol. The molecule has 0 spiro atoms. The Morgan fingerprint density at radius 3 is 2.67 bits per heavy atom. The Balaban J connectivity index is 1.72. The second kappa shape index (κ2) is 6.91. The van der Waals surface area contributed by atoms with Gasteiger partial charge in [0.1, 0.15) is 6.61 Å². The van der Waals surface area contributed by atoms with Gasteiger partial charge in [0.15, 0.2) is 0 Å². The number of amides is 1. The minimum Gasteiger partial charge on any atom is -0.445 e. The molecule has 21 heavy (non-hydrogen) atoms. The van der Waals surface area contributed by atoms with Crippen LogP contribution in [0.4, 0.5) is 4.79 Å². The van der Waals surface area contributed by atoms with E-state index in [0.29, 0.717) is 19.3 Å². The number of ether oxygens (including phenoxy) is 1. The maximum Gasteiger partial charge on any atom is 0.407 e. The van der Waals surface area contributed by atoms with Crippen LogP contribution in [-0.4, -0.2) is 32.9 Å².